The number of nitro groups is 1. The van der Waals surface area contributed by atoms with Gasteiger partial charge in [-0.3, -0.25) is 14.9 Å². The molecule has 1 aliphatic heterocycles. The molecule has 0 fully saturated rings. The third-order valence-electron chi connectivity index (χ3n) is 3.70. The van der Waals surface area contributed by atoms with Crippen molar-refractivity contribution in [2.24, 2.45) is 5.92 Å². The fraction of sp³-hybridized carbons (Fsp3) is 0.368. The molecule has 0 N–H and O–H groups in total. The Bertz CT molecular complexity index is 734. The summed E-state index contributed by atoms with van der Waals surface area (Å²) in [6, 6.07) is 8.54. The van der Waals surface area contributed by atoms with E-state index in [1.807, 2.05) is 30.3 Å². The molecule has 1 aromatic rings. The predicted octanol–water partition coefficient (Wildman–Crippen LogP) is 3.29. The van der Waals surface area contributed by atoms with E-state index in [0.717, 1.165) is 10.5 Å². The summed E-state index contributed by atoms with van der Waals surface area (Å²) < 4.78 is 5.27. The van der Waals surface area contributed by atoms with Crippen LogP contribution in [0.5, 0.6) is 0 Å². The van der Waals surface area contributed by atoms with Gasteiger partial charge in [0.15, 0.2) is 0 Å². The average molecular weight is 358 g/mol. The summed E-state index contributed by atoms with van der Waals surface area (Å²) in [4.78, 5) is 36.1. The van der Waals surface area contributed by atoms with Crippen LogP contribution in [0.4, 0.5) is 4.79 Å². The van der Waals surface area contributed by atoms with Gasteiger partial charge in [0, 0.05) is 11.0 Å². The van der Waals surface area contributed by atoms with Crippen LogP contribution in [-0.4, -0.2) is 40.0 Å². The van der Waals surface area contributed by atoms with Gasteiger partial charge in [-0.25, -0.2) is 9.69 Å². The van der Waals surface area contributed by atoms with Crippen molar-refractivity contribution in [3.8, 4) is 0 Å². The van der Waals surface area contributed by atoms with E-state index >= 15 is 0 Å². The monoisotopic (exact) mass is 358 g/mol. The number of nitrogens with zero attached hydrogens (tertiary/aromatic N) is 2. The van der Waals surface area contributed by atoms with Crippen LogP contribution in [0.25, 0.3) is 6.08 Å². The van der Waals surface area contributed by atoms with Gasteiger partial charge < -0.3 is 4.74 Å². The lowest BCUT2D eigenvalue weighted by Crippen LogP contribution is -2.46. The van der Waals surface area contributed by atoms with Gasteiger partial charge in [-0.05, 0) is 26.3 Å². The van der Waals surface area contributed by atoms with Crippen molar-refractivity contribution in [1.82, 2.24) is 4.90 Å². The molecular formula is C19H22N2O5. The predicted molar refractivity (Wildman–Crippen MR) is 96.8 cm³/mol. The maximum Gasteiger partial charge on any atom is 0.417 e. The second-order valence-electron chi connectivity index (χ2n) is 6.99. The van der Waals surface area contributed by atoms with E-state index in [2.05, 4.69) is 0 Å². The van der Waals surface area contributed by atoms with Crippen molar-refractivity contribution in [3.05, 3.63) is 64.2 Å². The van der Waals surface area contributed by atoms with Crippen molar-refractivity contribution in [2.45, 2.75) is 32.4 Å². The average Bonchev–Trinajstić information content (AvgIpc) is 2.92. The summed E-state index contributed by atoms with van der Waals surface area (Å²) in [5, 5.41) is 11.1. The molecule has 7 nitrogen and oxygen atoms in total. The minimum atomic E-state index is -0.807. The first-order valence-corrected chi connectivity index (χ1v) is 8.27. The van der Waals surface area contributed by atoms with Crippen molar-refractivity contribution < 1.29 is 19.2 Å². The first-order chi connectivity index (χ1) is 12.2. The Morgan fingerprint density at radius 3 is 2.58 bits per heavy atom. The van der Waals surface area contributed by atoms with Gasteiger partial charge in [-0.2, -0.15) is 0 Å². The second-order valence-corrected chi connectivity index (χ2v) is 6.99. The highest BCUT2D eigenvalue weighted by Gasteiger charge is 2.40. The molecule has 0 aliphatic carbocycles. The summed E-state index contributed by atoms with van der Waals surface area (Å²) in [6.07, 6.45) is 5.36. The molecule has 1 heterocycles. The smallest absolute Gasteiger partial charge is 0.417 e. The molecule has 0 aromatic heterocycles. The lowest BCUT2D eigenvalue weighted by Gasteiger charge is -2.29. The van der Waals surface area contributed by atoms with Crippen molar-refractivity contribution >= 4 is 18.1 Å². The Morgan fingerprint density at radius 2 is 2.00 bits per heavy atom. The van der Waals surface area contributed by atoms with E-state index in [-0.39, 0.29) is 0 Å². The number of imide groups is 1. The minimum absolute atomic E-state index is 0.412. The molecule has 2 rings (SSSR count). The molecular weight excluding hydrogens is 336 g/mol. The van der Waals surface area contributed by atoms with Gasteiger partial charge in [-0.15, -0.1) is 0 Å². The molecule has 1 aliphatic rings. The summed E-state index contributed by atoms with van der Waals surface area (Å²) in [6.45, 7) is 4.66. The Morgan fingerprint density at radius 1 is 1.35 bits per heavy atom. The largest absolute Gasteiger partial charge is 0.443 e. The maximum absolute atomic E-state index is 12.4. The van der Waals surface area contributed by atoms with Crippen LogP contribution in [0.3, 0.4) is 0 Å². The fourth-order valence-corrected chi connectivity index (χ4v) is 2.60. The first kappa shape index (κ1) is 19.4. The van der Waals surface area contributed by atoms with Gasteiger partial charge in [0.05, 0.1) is 12.0 Å². The van der Waals surface area contributed by atoms with Gasteiger partial charge >= 0.3 is 6.09 Å². The lowest BCUT2D eigenvalue weighted by atomic mass is 9.98. The topological polar surface area (TPSA) is 89.8 Å². The highest BCUT2D eigenvalue weighted by molar-refractivity contribution is 6.01. The molecule has 2 atom stereocenters. The quantitative estimate of drug-likeness (QED) is 0.595. The van der Waals surface area contributed by atoms with Crippen LogP contribution in [0.15, 0.2) is 48.6 Å². The van der Waals surface area contributed by atoms with Crippen LogP contribution in [0, 0.1) is 16.0 Å². The third-order valence-corrected chi connectivity index (χ3v) is 3.70. The van der Waals surface area contributed by atoms with Crippen molar-refractivity contribution in [2.75, 3.05) is 6.54 Å². The van der Waals surface area contributed by atoms with E-state index in [4.69, 9.17) is 4.74 Å². The van der Waals surface area contributed by atoms with E-state index < -0.39 is 41.0 Å². The van der Waals surface area contributed by atoms with E-state index in [1.54, 1.807) is 32.9 Å². The fourth-order valence-electron chi connectivity index (χ4n) is 2.60. The highest BCUT2D eigenvalue weighted by Crippen LogP contribution is 2.24. The number of hydrogen-bond donors (Lipinski definition) is 0. The zero-order valence-electron chi connectivity index (χ0n) is 15.0. The Balaban J connectivity index is 2.26. The molecule has 0 bridgehead atoms. The maximum atomic E-state index is 12.4. The molecule has 2 amide bonds. The van der Waals surface area contributed by atoms with Crippen LogP contribution in [-0.2, 0) is 9.53 Å². The van der Waals surface area contributed by atoms with Crippen molar-refractivity contribution in [1.29, 1.82) is 0 Å². The SMILES string of the molecule is CC(C)(C)OC(=O)N1C(=O)C=C[C@H]1[C@@H](/C=C/c1ccccc1)C[N+](=O)[O-]. The van der Waals surface area contributed by atoms with Crippen LogP contribution in [0.1, 0.15) is 26.3 Å². The zero-order chi connectivity index (χ0) is 19.3. The van der Waals surface area contributed by atoms with Gasteiger partial charge in [-0.1, -0.05) is 48.6 Å². The third kappa shape index (κ3) is 5.27. The molecule has 138 valence electrons. The number of amides is 2. The zero-order valence-corrected chi connectivity index (χ0v) is 15.0. The number of hydrogen-bond acceptors (Lipinski definition) is 5. The Kier molecular flexibility index (Phi) is 5.92. The minimum Gasteiger partial charge on any atom is -0.443 e. The number of carbonyl (C=O) groups is 2. The normalized spacial score (nSPS) is 18.3. The summed E-state index contributed by atoms with van der Waals surface area (Å²) in [5.41, 5.74) is 0.0983. The van der Waals surface area contributed by atoms with E-state index in [0.29, 0.717) is 0 Å². The second kappa shape index (κ2) is 7.95. The van der Waals surface area contributed by atoms with Crippen molar-refractivity contribution in [3.63, 3.8) is 0 Å². The lowest BCUT2D eigenvalue weighted by molar-refractivity contribution is -0.486. The van der Waals surface area contributed by atoms with Gasteiger partial charge in [0.2, 0.25) is 6.54 Å². The number of carbonyl (C=O) groups excluding carboxylic acids is 2. The number of ether oxygens (including phenoxy) is 1. The molecule has 0 unspecified atom stereocenters. The summed E-state index contributed by atoms with van der Waals surface area (Å²) in [5.74, 6) is -1.20. The van der Waals surface area contributed by atoms with Crippen LogP contribution >= 0.6 is 0 Å². The first-order valence-electron chi connectivity index (χ1n) is 8.27. The highest BCUT2D eigenvalue weighted by atomic mass is 16.6. The van der Waals surface area contributed by atoms with Crippen LogP contribution < -0.4 is 0 Å². The molecule has 0 saturated carbocycles. The Labute approximate surface area is 152 Å². The van der Waals surface area contributed by atoms with Gasteiger partial charge in [0.25, 0.3) is 5.91 Å². The molecule has 1 aromatic carbocycles. The molecule has 0 saturated heterocycles. The van der Waals surface area contributed by atoms with E-state index in [1.165, 1.54) is 12.2 Å². The molecule has 26 heavy (non-hydrogen) atoms. The molecule has 0 spiro atoms. The number of rotatable bonds is 5. The summed E-state index contributed by atoms with van der Waals surface area (Å²) >= 11 is 0. The van der Waals surface area contributed by atoms with Crippen LogP contribution in [0.2, 0.25) is 0 Å². The Hall–Kier alpha value is -2.96. The van der Waals surface area contributed by atoms with Gasteiger partial charge in [0.1, 0.15) is 5.60 Å². The molecule has 0 radical (unpaired) electrons. The summed E-state index contributed by atoms with van der Waals surface area (Å²) in [7, 11) is 0. The molecule has 7 heteroatoms. The standard InChI is InChI=1S/C19H22N2O5/c1-19(2,3)26-18(23)21-16(11-12-17(21)22)15(13-20(24)25)10-9-14-7-5-4-6-8-14/h4-12,15-16H,13H2,1-3H3/b10-9+/t15-,16-/m0/s1. The number of benzene rings is 1. The van der Waals surface area contributed by atoms with E-state index in [9.17, 15) is 19.7 Å².